The molecule has 0 aromatic rings. The molecule has 1 amide bonds. The number of halogens is 1. The van der Waals surface area contributed by atoms with Gasteiger partial charge >= 0.3 is 0 Å². The highest BCUT2D eigenvalue weighted by atomic mass is 79.9. The Hall–Kier alpha value is -0.0500. The van der Waals surface area contributed by atoms with E-state index in [1.54, 1.807) is 0 Å². The van der Waals surface area contributed by atoms with E-state index in [2.05, 4.69) is 28.2 Å². The van der Waals surface area contributed by atoms with Gasteiger partial charge in [0.05, 0.1) is 0 Å². The largest absolute Gasteiger partial charge is 0.352 e. The zero-order valence-electron chi connectivity index (χ0n) is 10.8. The second kappa shape index (κ2) is 5.73. The van der Waals surface area contributed by atoms with E-state index in [1.807, 2.05) is 0 Å². The molecule has 0 aromatic heterocycles. The molecule has 2 atom stereocenters. The lowest BCUT2D eigenvalue weighted by Gasteiger charge is -2.28. The van der Waals surface area contributed by atoms with Crippen LogP contribution in [-0.4, -0.2) is 16.8 Å². The Morgan fingerprint density at radius 1 is 1.12 bits per heavy atom. The van der Waals surface area contributed by atoms with Gasteiger partial charge in [-0.2, -0.15) is 0 Å². The molecule has 98 valence electrons. The first-order valence-corrected chi connectivity index (χ1v) is 7.98. The third-order valence-corrected chi connectivity index (χ3v) is 5.60. The molecule has 0 aromatic carbocycles. The molecule has 2 saturated carbocycles. The Balaban J connectivity index is 1.92. The predicted octanol–water partition coefficient (Wildman–Crippen LogP) is 3.78. The van der Waals surface area contributed by atoms with E-state index in [0.29, 0.717) is 16.8 Å². The van der Waals surface area contributed by atoms with Crippen LogP contribution < -0.4 is 5.32 Å². The summed E-state index contributed by atoms with van der Waals surface area (Å²) in [7, 11) is 0. The second-order valence-corrected chi connectivity index (χ2v) is 7.18. The monoisotopic (exact) mass is 301 g/mol. The summed E-state index contributed by atoms with van der Waals surface area (Å²) >= 11 is 3.74. The van der Waals surface area contributed by atoms with E-state index in [-0.39, 0.29) is 5.41 Å². The van der Waals surface area contributed by atoms with E-state index in [0.717, 1.165) is 19.3 Å². The van der Waals surface area contributed by atoms with Crippen LogP contribution in [0, 0.1) is 5.41 Å². The van der Waals surface area contributed by atoms with Crippen molar-refractivity contribution in [1.82, 2.24) is 5.32 Å². The zero-order chi connectivity index (χ0) is 12.3. The summed E-state index contributed by atoms with van der Waals surface area (Å²) in [6, 6.07) is 0.349. The second-order valence-electron chi connectivity index (χ2n) is 6.00. The average Bonchev–Trinajstić information content (AvgIpc) is 2.65. The predicted molar refractivity (Wildman–Crippen MR) is 74.3 cm³/mol. The van der Waals surface area contributed by atoms with Crippen molar-refractivity contribution in [2.24, 2.45) is 5.41 Å². The topological polar surface area (TPSA) is 29.1 Å². The smallest absolute Gasteiger partial charge is 0.226 e. The van der Waals surface area contributed by atoms with Crippen LogP contribution in [0.5, 0.6) is 0 Å². The molecule has 17 heavy (non-hydrogen) atoms. The Morgan fingerprint density at radius 3 is 2.47 bits per heavy atom. The Morgan fingerprint density at radius 2 is 1.76 bits per heavy atom. The quantitative estimate of drug-likeness (QED) is 0.610. The first-order valence-electron chi connectivity index (χ1n) is 7.07. The minimum atomic E-state index is -0.0843. The lowest BCUT2D eigenvalue weighted by molar-refractivity contribution is -0.130. The third kappa shape index (κ3) is 3.24. The molecule has 2 aliphatic rings. The maximum absolute atomic E-state index is 12.4. The summed E-state index contributed by atoms with van der Waals surface area (Å²) in [6.07, 6.45) is 10.8. The highest BCUT2D eigenvalue weighted by Crippen LogP contribution is 2.38. The molecule has 0 heterocycles. The number of alkyl halides is 1. The van der Waals surface area contributed by atoms with E-state index in [4.69, 9.17) is 0 Å². The number of rotatable bonds is 2. The van der Waals surface area contributed by atoms with Crippen molar-refractivity contribution in [1.29, 1.82) is 0 Å². The first kappa shape index (κ1) is 13.4. The van der Waals surface area contributed by atoms with Gasteiger partial charge in [0.25, 0.3) is 0 Å². The minimum absolute atomic E-state index is 0.0843. The van der Waals surface area contributed by atoms with Crippen LogP contribution in [0.3, 0.4) is 0 Å². The average molecular weight is 302 g/mol. The molecule has 0 bridgehead atoms. The molecule has 0 saturated heterocycles. The maximum atomic E-state index is 12.4. The van der Waals surface area contributed by atoms with Gasteiger partial charge in [0.1, 0.15) is 0 Å². The number of hydrogen-bond acceptors (Lipinski definition) is 1. The van der Waals surface area contributed by atoms with Gasteiger partial charge in [-0.15, -0.1) is 0 Å². The van der Waals surface area contributed by atoms with Crippen LogP contribution in [0.1, 0.15) is 64.7 Å². The molecular weight excluding hydrogens is 278 g/mol. The van der Waals surface area contributed by atoms with Crippen LogP contribution >= 0.6 is 15.9 Å². The van der Waals surface area contributed by atoms with Gasteiger partial charge in [-0.1, -0.05) is 55.0 Å². The Bertz CT molecular complexity index is 273. The summed E-state index contributed by atoms with van der Waals surface area (Å²) < 4.78 is 0. The highest BCUT2D eigenvalue weighted by molar-refractivity contribution is 9.09. The van der Waals surface area contributed by atoms with Crippen molar-refractivity contribution in [3.63, 3.8) is 0 Å². The van der Waals surface area contributed by atoms with Crippen molar-refractivity contribution >= 4 is 21.8 Å². The van der Waals surface area contributed by atoms with Gasteiger partial charge in [-0.05, 0) is 25.7 Å². The molecule has 2 aliphatic carbocycles. The fourth-order valence-electron chi connectivity index (χ4n) is 3.15. The highest BCUT2D eigenvalue weighted by Gasteiger charge is 2.37. The lowest BCUT2D eigenvalue weighted by atomic mass is 9.87. The molecule has 2 rings (SSSR count). The van der Waals surface area contributed by atoms with E-state index < -0.39 is 0 Å². The molecule has 2 nitrogen and oxygen atoms in total. The van der Waals surface area contributed by atoms with Crippen LogP contribution in [0.2, 0.25) is 0 Å². The number of carbonyl (C=O) groups is 1. The lowest BCUT2D eigenvalue weighted by Crippen LogP contribution is -2.46. The Labute approximate surface area is 113 Å². The summed E-state index contributed by atoms with van der Waals surface area (Å²) in [5.74, 6) is 0.298. The van der Waals surface area contributed by atoms with Crippen LogP contribution in [0.4, 0.5) is 0 Å². The normalized spacial score (nSPS) is 33.1. The van der Waals surface area contributed by atoms with Gasteiger partial charge in [0, 0.05) is 16.3 Å². The molecule has 2 fully saturated rings. The first-order chi connectivity index (χ1) is 8.12. The van der Waals surface area contributed by atoms with Gasteiger partial charge in [-0.25, -0.2) is 0 Å². The number of hydrogen-bond donors (Lipinski definition) is 1. The van der Waals surface area contributed by atoms with Crippen LogP contribution in [-0.2, 0) is 4.79 Å². The standard InChI is InChI=1S/C14H24BrNO/c1-14(9-5-6-10-14)13(17)16-12-8-4-2-3-7-11(12)15/h11-12H,2-10H2,1H3,(H,16,17). The van der Waals surface area contributed by atoms with E-state index in [1.165, 1.54) is 38.5 Å². The number of carbonyl (C=O) groups excluding carboxylic acids is 1. The summed E-state index contributed by atoms with van der Waals surface area (Å²) in [5.41, 5.74) is -0.0843. The summed E-state index contributed by atoms with van der Waals surface area (Å²) in [5, 5.41) is 3.31. The van der Waals surface area contributed by atoms with Crippen LogP contribution in [0.25, 0.3) is 0 Å². The number of amides is 1. The van der Waals surface area contributed by atoms with Crippen molar-refractivity contribution < 1.29 is 4.79 Å². The van der Waals surface area contributed by atoms with Gasteiger partial charge < -0.3 is 5.32 Å². The van der Waals surface area contributed by atoms with Crippen LogP contribution in [0.15, 0.2) is 0 Å². The van der Waals surface area contributed by atoms with Crippen molar-refractivity contribution in [3.8, 4) is 0 Å². The molecule has 2 unspecified atom stereocenters. The summed E-state index contributed by atoms with van der Waals surface area (Å²) in [6.45, 7) is 2.13. The minimum Gasteiger partial charge on any atom is -0.352 e. The molecular formula is C14H24BrNO. The fraction of sp³-hybridized carbons (Fsp3) is 0.929. The molecule has 3 heteroatoms. The zero-order valence-corrected chi connectivity index (χ0v) is 12.4. The number of nitrogens with one attached hydrogen (secondary N) is 1. The molecule has 0 radical (unpaired) electrons. The molecule has 0 aliphatic heterocycles. The summed E-state index contributed by atoms with van der Waals surface area (Å²) in [4.78, 5) is 12.8. The fourth-order valence-corrected chi connectivity index (χ4v) is 3.87. The SMILES string of the molecule is CC1(C(=O)NC2CCCCCC2Br)CCCC1. The van der Waals surface area contributed by atoms with Crippen molar-refractivity contribution in [2.75, 3.05) is 0 Å². The van der Waals surface area contributed by atoms with Gasteiger partial charge in [0.2, 0.25) is 5.91 Å². The van der Waals surface area contributed by atoms with Crippen molar-refractivity contribution in [2.45, 2.75) is 75.6 Å². The Kier molecular flexibility index (Phi) is 4.51. The molecule has 1 N–H and O–H groups in total. The molecule has 0 spiro atoms. The van der Waals surface area contributed by atoms with Crippen molar-refractivity contribution in [3.05, 3.63) is 0 Å². The van der Waals surface area contributed by atoms with E-state index in [9.17, 15) is 4.79 Å². The van der Waals surface area contributed by atoms with Gasteiger partial charge in [0.15, 0.2) is 0 Å². The third-order valence-electron chi connectivity index (χ3n) is 4.50. The van der Waals surface area contributed by atoms with Gasteiger partial charge in [-0.3, -0.25) is 4.79 Å². The maximum Gasteiger partial charge on any atom is 0.226 e. The van der Waals surface area contributed by atoms with E-state index >= 15 is 0 Å².